The minimum atomic E-state index is 0.162. The molecule has 1 aliphatic carbocycles. The fraction of sp³-hybridized carbons (Fsp3) is 0.889. The molecule has 1 saturated heterocycles. The quantitative estimate of drug-likeness (QED) is 0.564. The molecule has 2 nitrogen and oxygen atoms in total. The number of fused-ring (bicyclic) bond motifs is 1. The maximum atomic E-state index is 11.2. The summed E-state index contributed by atoms with van der Waals surface area (Å²) in [6.07, 6.45) is 3.96. The minimum absolute atomic E-state index is 0.162. The standard InChI is InChI=1S/C9H15NO/c1-9-6-8(11)3-2-7(9)4-5-10-9/h7,10H,2-6H2,1H3. The van der Waals surface area contributed by atoms with Crippen LogP contribution in [0.4, 0.5) is 0 Å². The highest BCUT2D eigenvalue weighted by Crippen LogP contribution is 2.37. The highest BCUT2D eigenvalue weighted by molar-refractivity contribution is 5.80. The van der Waals surface area contributed by atoms with Crippen LogP contribution in [0, 0.1) is 5.92 Å². The van der Waals surface area contributed by atoms with Crippen molar-refractivity contribution in [1.29, 1.82) is 0 Å². The first kappa shape index (κ1) is 7.29. The van der Waals surface area contributed by atoms with E-state index < -0.39 is 0 Å². The van der Waals surface area contributed by atoms with Gasteiger partial charge >= 0.3 is 0 Å². The predicted molar refractivity (Wildman–Crippen MR) is 43.4 cm³/mol. The Bertz CT molecular complexity index is 190. The Labute approximate surface area is 67.4 Å². The molecule has 1 aliphatic heterocycles. The van der Waals surface area contributed by atoms with E-state index in [1.165, 1.54) is 6.42 Å². The molecule has 0 spiro atoms. The van der Waals surface area contributed by atoms with Gasteiger partial charge in [-0.2, -0.15) is 0 Å². The Kier molecular flexibility index (Phi) is 1.53. The zero-order valence-electron chi connectivity index (χ0n) is 7.02. The predicted octanol–water partition coefficient (Wildman–Crippen LogP) is 1.11. The van der Waals surface area contributed by atoms with Crippen LogP contribution in [0.1, 0.15) is 32.6 Å². The van der Waals surface area contributed by atoms with E-state index in [0.717, 1.165) is 31.7 Å². The van der Waals surface area contributed by atoms with E-state index in [1.54, 1.807) is 0 Å². The second-order valence-electron chi connectivity index (χ2n) is 4.08. The molecular formula is C9H15NO. The van der Waals surface area contributed by atoms with Crippen molar-refractivity contribution in [3.8, 4) is 0 Å². The average Bonchev–Trinajstić information content (AvgIpc) is 2.28. The van der Waals surface area contributed by atoms with Crippen LogP contribution in [0.2, 0.25) is 0 Å². The first-order valence-corrected chi connectivity index (χ1v) is 4.47. The van der Waals surface area contributed by atoms with Gasteiger partial charge in [0.05, 0.1) is 0 Å². The third-order valence-electron chi connectivity index (χ3n) is 3.26. The van der Waals surface area contributed by atoms with Crippen molar-refractivity contribution in [1.82, 2.24) is 5.32 Å². The van der Waals surface area contributed by atoms with Gasteiger partial charge in [-0.3, -0.25) is 4.79 Å². The number of rotatable bonds is 0. The molecule has 2 heteroatoms. The largest absolute Gasteiger partial charge is 0.311 e. The molecule has 1 N–H and O–H groups in total. The smallest absolute Gasteiger partial charge is 0.134 e. The summed E-state index contributed by atoms with van der Waals surface area (Å²) >= 11 is 0. The lowest BCUT2D eigenvalue weighted by atomic mass is 9.75. The Balaban J connectivity index is 2.16. The van der Waals surface area contributed by atoms with Gasteiger partial charge in [0.1, 0.15) is 5.78 Å². The molecule has 2 atom stereocenters. The molecule has 2 aliphatic rings. The molecule has 0 aromatic carbocycles. The van der Waals surface area contributed by atoms with Gasteiger partial charge in [-0.25, -0.2) is 0 Å². The third-order valence-corrected chi connectivity index (χ3v) is 3.26. The lowest BCUT2D eigenvalue weighted by Gasteiger charge is -2.35. The van der Waals surface area contributed by atoms with Crippen LogP contribution in [0.15, 0.2) is 0 Å². The van der Waals surface area contributed by atoms with Crippen molar-refractivity contribution in [2.45, 2.75) is 38.1 Å². The lowest BCUT2D eigenvalue weighted by molar-refractivity contribution is -0.122. The molecule has 0 aromatic rings. The molecule has 11 heavy (non-hydrogen) atoms. The maximum absolute atomic E-state index is 11.2. The summed E-state index contributed by atoms with van der Waals surface area (Å²) in [4.78, 5) is 11.2. The van der Waals surface area contributed by atoms with Crippen LogP contribution in [0.25, 0.3) is 0 Å². The Hall–Kier alpha value is -0.370. The number of hydrogen-bond acceptors (Lipinski definition) is 2. The van der Waals surface area contributed by atoms with Gasteiger partial charge < -0.3 is 5.32 Å². The van der Waals surface area contributed by atoms with Crippen LogP contribution >= 0.6 is 0 Å². The molecule has 0 amide bonds. The summed E-state index contributed by atoms with van der Waals surface area (Å²) in [6.45, 7) is 3.30. The summed E-state index contributed by atoms with van der Waals surface area (Å²) < 4.78 is 0. The Morgan fingerprint density at radius 3 is 3.18 bits per heavy atom. The van der Waals surface area contributed by atoms with Crippen molar-refractivity contribution in [2.75, 3.05) is 6.54 Å². The average molecular weight is 153 g/mol. The van der Waals surface area contributed by atoms with Gasteiger partial charge in [0.25, 0.3) is 0 Å². The Morgan fingerprint density at radius 1 is 1.55 bits per heavy atom. The van der Waals surface area contributed by atoms with Gasteiger partial charge in [-0.15, -0.1) is 0 Å². The van der Waals surface area contributed by atoms with E-state index in [-0.39, 0.29) is 5.54 Å². The maximum Gasteiger partial charge on any atom is 0.134 e. The highest BCUT2D eigenvalue weighted by atomic mass is 16.1. The van der Waals surface area contributed by atoms with E-state index in [0.29, 0.717) is 5.78 Å². The minimum Gasteiger partial charge on any atom is -0.311 e. The number of Topliss-reactive ketones (excluding diaryl/α,β-unsaturated/α-hetero) is 1. The second-order valence-corrected chi connectivity index (χ2v) is 4.08. The molecule has 2 rings (SSSR count). The molecule has 1 saturated carbocycles. The monoisotopic (exact) mass is 153 g/mol. The van der Waals surface area contributed by atoms with Crippen molar-refractivity contribution in [3.63, 3.8) is 0 Å². The first-order chi connectivity index (χ1) is 5.21. The Morgan fingerprint density at radius 2 is 2.36 bits per heavy atom. The number of ketones is 1. The molecule has 0 aromatic heterocycles. The van der Waals surface area contributed by atoms with Gasteiger partial charge in [-0.05, 0) is 32.2 Å². The van der Waals surface area contributed by atoms with Crippen LogP contribution in [0.5, 0.6) is 0 Å². The molecule has 62 valence electrons. The number of nitrogens with one attached hydrogen (secondary N) is 1. The van der Waals surface area contributed by atoms with Crippen LogP contribution in [-0.2, 0) is 4.79 Å². The summed E-state index contributed by atoms with van der Waals surface area (Å²) in [7, 11) is 0. The summed E-state index contributed by atoms with van der Waals surface area (Å²) in [5.41, 5.74) is 0.162. The van der Waals surface area contributed by atoms with Gasteiger partial charge in [0.2, 0.25) is 0 Å². The summed E-state index contributed by atoms with van der Waals surface area (Å²) in [6, 6.07) is 0. The van der Waals surface area contributed by atoms with Gasteiger partial charge in [0, 0.05) is 18.4 Å². The molecular weight excluding hydrogens is 138 g/mol. The molecule has 2 fully saturated rings. The number of carbonyl (C=O) groups is 1. The molecule has 0 radical (unpaired) electrons. The zero-order valence-corrected chi connectivity index (χ0v) is 7.02. The fourth-order valence-corrected chi connectivity index (χ4v) is 2.50. The second kappa shape index (κ2) is 2.31. The van der Waals surface area contributed by atoms with Crippen molar-refractivity contribution in [2.24, 2.45) is 5.92 Å². The molecule has 2 unspecified atom stereocenters. The van der Waals surface area contributed by atoms with E-state index in [9.17, 15) is 4.79 Å². The van der Waals surface area contributed by atoms with Crippen molar-refractivity contribution in [3.05, 3.63) is 0 Å². The lowest BCUT2D eigenvalue weighted by Crippen LogP contribution is -2.46. The van der Waals surface area contributed by atoms with Gasteiger partial charge in [-0.1, -0.05) is 0 Å². The number of carbonyl (C=O) groups excluding carboxylic acids is 1. The fourth-order valence-electron chi connectivity index (χ4n) is 2.50. The number of hydrogen-bond donors (Lipinski definition) is 1. The highest BCUT2D eigenvalue weighted by Gasteiger charge is 2.42. The zero-order chi connectivity index (χ0) is 7.90. The SMILES string of the molecule is CC12CC(=O)CCC1CCN2. The summed E-state index contributed by atoms with van der Waals surface area (Å²) in [5.74, 6) is 1.21. The van der Waals surface area contributed by atoms with E-state index >= 15 is 0 Å². The van der Waals surface area contributed by atoms with E-state index in [1.807, 2.05) is 0 Å². The molecule has 0 bridgehead atoms. The normalized spacial score (nSPS) is 44.1. The van der Waals surface area contributed by atoms with Crippen LogP contribution in [0.3, 0.4) is 0 Å². The third kappa shape index (κ3) is 1.09. The van der Waals surface area contributed by atoms with Gasteiger partial charge in [0.15, 0.2) is 0 Å². The van der Waals surface area contributed by atoms with E-state index in [2.05, 4.69) is 12.2 Å². The summed E-state index contributed by atoms with van der Waals surface area (Å²) in [5, 5.41) is 3.44. The van der Waals surface area contributed by atoms with Crippen molar-refractivity contribution >= 4 is 5.78 Å². The molecule has 1 heterocycles. The van der Waals surface area contributed by atoms with Crippen LogP contribution < -0.4 is 5.32 Å². The van der Waals surface area contributed by atoms with Crippen LogP contribution in [-0.4, -0.2) is 17.9 Å². The van der Waals surface area contributed by atoms with E-state index in [4.69, 9.17) is 0 Å². The van der Waals surface area contributed by atoms with Crippen molar-refractivity contribution < 1.29 is 4.79 Å². The topological polar surface area (TPSA) is 29.1 Å². The first-order valence-electron chi connectivity index (χ1n) is 4.47.